The van der Waals surface area contributed by atoms with Crippen molar-refractivity contribution in [1.82, 2.24) is 29.8 Å². The van der Waals surface area contributed by atoms with Gasteiger partial charge in [-0.1, -0.05) is 49.9 Å². The number of nitrogens with zero attached hydrogens (tertiary/aromatic N) is 5. The SMILES string of the molecule is CCN(CC)CCCNC(=O)CSc1nc2nc(C)c(Cc3ccccc3C)c(C)n2n1. The number of thioether (sulfide) groups is 1. The number of hydrogen-bond donors (Lipinski definition) is 1. The predicted molar refractivity (Wildman–Crippen MR) is 130 cm³/mol. The molecule has 7 nitrogen and oxygen atoms in total. The molecule has 0 radical (unpaired) electrons. The smallest absolute Gasteiger partial charge is 0.253 e. The van der Waals surface area contributed by atoms with E-state index in [0.717, 1.165) is 43.9 Å². The van der Waals surface area contributed by atoms with Crippen molar-refractivity contribution in [1.29, 1.82) is 0 Å². The molecule has 1 aromatic carbocycles. The molecule has 172 valence electrons. The van der Waals surface area contributed by atoms with Crippen molar-refractivity contribution in [2.45, 2.75) is 52.6 Å². The highest BCUT2D eigenvalue weighted by Gasteiger charge is 2.15. The molecule has 1 amide bonds. The first-order valence-electron chi connectivity index (χ1n) is 11.3. The summed E-state index contributed by atoms with van der Waals surface area (Å²) in [6.07, 6.45) is 1.77. The Morgan fingerprint density at radius 3 is 2.59 bits per heavy atom. The Bertz CT molecular complexity index is 1060. The number of nitrogens with one attached hydrogen (secondary N) is 1. The standard InChI is InChI=1S/C24H34N6OS/c1-6-29(7-2)14-10-13-25-22(31)16-32-24-27-23-26-18(4)21(19(5)30(23)28-24)15-20-12-9-8-11-17(20)3/h8-9,11-12H,6-7,10,13-16H2,1-5H3,(H,25,31). The number of benzene rings is 1. The van der Waals surface area contributed by atoms with Crippen molar-refractivity contribution in [3.63, 3.8) is 0 Å². The predicted octanol–water partition coefficient (Wildman–Crippen LogP) is 3.58. The number of aryl methyl sites for hydroxylation is 3. The molecular formula is C24H34N6OS. The maximum atomic E-state index is 12.2. The molecule has 0 unspecified atom stereocenters. The summed E-state index contributed by atoms with van der Waals surface area (Å²) in [5.74, 6) is 0.890. The summed E-state index contributed by atoms with van der Waals surface area (Å²) in [6.45, 7) is 14.3. The summed E-state index contributed by atoms with van der Waals surface area (Å²) >= 11 is 1.35. The highest BCUT2D eigenvalue weighted by molar-refractivity contribution is 7.99. The normalized spacial score (nSPS) is 11.4. The summed E-state index contributed by atoms with van der Waals surface area (Å²) < 4.78 is 1.80. The zero-order valence-electron chi connectivity index (χ0n) is 19.8. The maximum absolute atomic E-state index is 12.2. The van der Waals surface area contributed by atoms with Crippen LogP contribution in [-0.4, -0.2) is 62.3 Å². The molecule has 32 heavy (non-hydrogen) atoms. The van der Waals surface area contributed by atoms with Crippen LogP contribution in [0, 0.1) is 20.8 Å². The maximum Gasteiger partial charge on any atom is 0.253 e. The highest BCUT2D eigenvalue weighted by Crippen LogP contribution is 2.21. The zero-order valence-corrected chi connectivity index (χ0v) is 20.6. The van der Waals surface area contributed by atoms with Crippen molar-refractivity contribution in [3.05, 3.63) is 52.3 Å². The third-order valence-corrected chi connectivity index (χ3v) is 6.70. The van der Waals surface area contributed by atoms with E-state index in [9.17, 15) is 4.79 Å². The second-order valence-electron chi connectivity index (χ2n) is 7.99. The van der Waals surface area contributed by atoms with Gasteiger partial charge in [0.1, 0.15) is 0 Å². The van der Waals surface area contributed by atoms with Gasteiger partial charge in [0, 0.05) is 24.4 Å². The van der Waals surface area contributed by atoms with Gasteiger partial charge in [0.05, 0.1) is 5.75 Å². The molecule has 2 aromatic heterocycles. The van der Waals surface area contributed by atoms with Gasteiger partial charge in [-0.3, -0.25) is 4.79 Å². The van der Waals surface area contributed by atoms with E-state index in [4.69, 9.17) is 0 Å². The van der Waals surface area contributed by atoms with E-state index < -0.39 is 0 Å². The Balaban J connectivity index is 1.61. The largest absolute Gasteiger partial charge is 0.355 e. The second kappa shape index (κ2) is 11.4. The number of fused-ring (bicyclic) bond motifs is 1. The van der Waals surface area contributed by atoms with Crippen LogP contribution in [0.15, 0.2) is 29.4 Å². The summed E-state index contributed by atoms with van der Waals surface area (Å²) in [5.41, 5.74) is 5.72. The summed E-state index contributed by atoms with van der Waals surface area (Å²) in [5, 5.41) is 8.17. The van der Waals surface area contributed by atoms with Crippen LogP contribution in [0.4, 0.5) is 0 Å². The van der Waals surface area contributed by atoms with Crippen molar-refractivity contribution in [2.75, 3.05) is 31.9 Å². The lowest BCUT2D eigenvalue weighted by Gasteiger charge is -2.17. The molecule has 8 heteroatoms. The van der Waals surface area contributed by atoms with Gasteiger partial charge in [-0.15, -0.1) is 5.10 Å². The molecule has 3 aromatic rings. The van der Waals surface area contributed by atoms with Crippen LogP contribution in [0.3, 0.4) is 0 Å². The number of rotatable bonds is 11. The molecule has 0 saturated carbocycles. The zero-order chi connectivity index (χ0) is 23.1. The minimum absolute atomic E-state index is 0.00880. The minimum atomic E-state index is 0.00880. The number of amides is 1. The van der Waals surface area contributed by atoms with E-state index >= 15 is 0 Å². The van der Waals surface area contributed by atoms with Gasteiger partial charge in [0.15, 0.2) is 0 Å². The summed E-state index contributed by atoms with van der Waals surface area (Å²) in [6, 6.07) is 8.41. The van der Waals surface area contributed by atoms with Crippen LogP contribution in [0.2, 0.25) is 0 Å². The fourth-order valence-electron chi connectivity index (χ4n) is 3.76. The van der Waals surface area contributed by atoms with Crippen molar-refractivity contribution < 1.29 is 4.79 Å². The first kappa shape index (κ1) is 24.2. The van der Waals surface area contributed by atoms with Crippen LogP contribution >= 0.6 is 11.8 Å². The molecule has 0 aliphatic rings. The molecule has 0 fully saturated rings. The number of hydrogen-bond acceptors (Lipinski definition) is 6. The molecule has 0 atom stereocenters. The van der Waals surface area contributed by atoms with E-state index in [0.29, 0.717) is 23.2 Å². The quantitative estimate of drug-likeness (QED) is 0.353. The van der Waals surface area contributed by atoms with E-state index in [1.165, 1.54) is 28.5 Å². The lowest BCUT2D eigenvalue weighted by molar-refractivity contribution is -0.118. The lowest BCUT2D eigenvalue weighted by Crippen LogP contribution is -2.30. The molecule has 0 aliphatic heterocycles. The average Bonchev–Trinajstić information content (AvgIpc) is 3.19. The Labute approximate surface area is 195 Å². The van der Waals surface area contributed by atoms with Crippen LogP contribution in [0.25, 0.3) is 5.78 Å². The fourth-order valence-corrected chi connectivity index (χ4v) is 4.41. The molecule has 2 heterocycles. The van der Waals surface area contributed by atoms with Gasteiger partial charge >= 0.3 is 0 Å². The Morgan fingerprint density at radius 1 is 1.12 bits per heavy atom. The van der Waals surface area contributed by atoms with E-state index in [1.54, 1.807) is 4.52 Å². The average molecular weight is 455 g/mol. The van der Waals surface area contributed by atoms with Gasteiger partial charge in [-0.2, -0.15) is 4.98 Å². The highest BCUT2D eigenvalue weighted by atomic mass is 32.2. The topological polar surface area (TPSA) is 75.4 Å². The van der Waals surface area contributed by atoms with Gasteiger partial charge in [-0.25, -0.2) is 9.50 Å². The number of carbonyl (C=O) groups excluding carboxylic acids is 1. The van der Waals surface area contributed by atoms with Gasteiger partial charge < -0.3 is 10.2 Å². The van der Waals surface area contributed by atoms with Gasteiger partial charge in [0.2, 0.25) is 11.1 Å². The second-order valence-corrected chi connectivity index (χ2v) is 8.93. The minimum Gasteiger partial charge on any atom is -0.355 e. The lowest BCUT2D eigenvalue weighted by atomic mass is 9.99. The van der Waals surface area contributed by atoms with Crippen LogP contribution in [0.1, 0.15) is 48.3 Å². The summed E-state index contributed by atoms with van der Waals surface area (Å²) in [4.78, 5) is 23.8. The molecule has 0 bridgehead atoms. The monoisotopic (exact) mass is 454 g/mol. The Morgan fingerprint density at radius 2 is 1.88 bits per heavy atom. The Kier molecular flexibility index (Phi) is 8.64. The molecule has 0 aliphatic carbocycles. The van der Waals surface area contributed by atoms with E-state index in [1.807, 2.05) is 6.92 Å². The van der Waals surface area contributed by atoms with Crippen molar-refractivity contribution >= 4 is 23.4 Å². The van der Waals surface area contributed by atoms with Crippen LogP contribution in [0.5, 0.6) is 0 Å². The molecular weight excluding hydrogens is 420 g/mol. The van der Waals surface area contributed by atoms with Crippen LogP contribution < -0.4 is 5.32 Å². The molecule has 1 N–H and O–H groups in total. The van der Waals surface area contributed by atoms with Crippen LogP contribution in [-0.2, 0) is 11.2 Å². The molecule has 0 saturated heterocycles. The van der Waals surface area contributed by atoms with Crippen molar-refractivity contribution in [2.24, 2.45) is 0 Å². The first-order valence-corrected chi connectivity index (χ1v) is 12.3. The number of carbonyl (C=O) groups is 1. The van der Waals surface area contributed by atoms with E-state index in [2.05, 4.69) is 77.2 Å². The third kappa shape index (κ3) is 6.07. The molecule has 3 rings (SSSR count). The van der Waals surface area contributed by atoms with Gasteiger partial charge in [0.25, 0.3) is 5.78 Å². The van der Waals surface area contributed by atoms with Crippen molar-refractivity contribution in [3.8, 4) is 0 Å². The first-order chi connectivity index (χ1) is 15.4. The summed E-state index contributed by atoms with van der Waals surface area (Å²) in [7, 11) is 0. The number of aromatic nitrogens is 4. The Hall–Kier alpha value is -2.45. The third-order valence-electron chi connectivity index (χ3n) is 5.86. The van der Waals surface area contributed by atoms with Gasteiger partial charge in [-0.05, 0) is 63.5 Å². The fraction of sp³-hybridized carbons (Fsp3) is 0.500. The molecule has 0 spiro atoms. The van der Waals surface area contributed by atoms with E-state index in [-0.39, 0.29) is 5.91 Å².